The Balaban J connectivity index is 2.04. The number of nitrogens with zero attached hydrogens (tertiary/aromatic N) is 1. The molecule has 0 unspecified atom stereocenters. The van der Waals surface area contributed by atoms with Crippen LogP contribution in [0.15, 0.2) is 59.8 Å². The molecule has 7 heteroatoms. The number of para-hydroxylation sites is 1. The van der Waals surface area contributed by atoms with Crippen molar-refractivity contribution in [3.63, 3.8) is 0 Å². The molecule has 2 amide bonds. The van der Waals surface area contributed by atoms with Gasteiger partial charge in [0.05, 0.1) is 28.9 Å². The van der Waals surface area contributed by atoms with Crippen molar-refractivity contribution in [2.75, 3.05) is 20.3 Å². The second-order valence-corrected chi connectivity index (χ2v) is 7.06. The first-order valence-electron chi connectivity index (χ1n) is 9.30. The molecule has 1 atom stereocenters. The highest BCUT2D eigenvalue weighted by Crippen LogP contribution is 2.32. The van der Waals surface area contributed by atoms with E-state index in [1.807, 2.05) is 31.2 Å². The lowest BCUT2D eigenvalue weighted by molar-refractivity contribution is -0.139. The van der Waals surface area contributed by atoms with Gasteiger partial charge >= 0.3 is 12.0 Å². The van der Waals surface area contributed by atoms with Crippen LogP contribution < -0.4 is 10.1 Å². The Labute approximate surface area is 175 Å². The van der Waals surface area contributed by atoms with Crippen LogP contribution >= 0.6 is 11.6 Å². The third kappa shape index (κ3) is 4.54. The van der Waals surface area contributed by atoms with Crippen LogP contribution in [0.3, 0.4) is 0 Å². The predicted octanol–water partition coefficient (Wildman–Crippen LogP) is 4.24. The number of hydrogen-bond donors (Lipinski definition) is 1. The lowest BCUT2D eigenvalue weighted by atomic mass is 9.94. The van der Waals surface area contributed by atoms with E-state index in [1.54, 1.807) is 38.2 Å². The van der Waals surface area contributed by atoms with Crippen LogP contribution in [0.5, 0.6) is 5.75 Å². The van der Waals surface area contributed by atoms with Crippen molar-refractivity contribution in [2.45, 2.75) is 19.9 Å². The Kier molecular flexibility index (Phi) is 6.44. The quantitative estimate of drug-likeness (QED) is 0.718. The summed E-state index contributed by atoms with van der Waals surface area (Å²) in [5.74, 6) is -0.0289. The molecule has 0 radical (unpaired) electrons. The number of rotatable bonds is 6. The Morgan fingerprint density at radius 3 is 2.52 bits per heavy atom. The first-order chi connectivity index (χ1) is 13.9. The van der Waals surface area contributed by atoms with Gasteiger partial charge in [-0.25, -0.2) is 9.59 Å². The van der Waals surface area contributed by atoms with E-state index in [1.165, 1.54) is 4.90 Å². The molecule has 0 spiro atoms. The minimum absolute atomic E-state index is 0.00976. The minimum Gasteiger partial charge on any atom is -0.486 e. The standard InChI is InChI=1S/C22H23ClN2O4/c1-4-28-21(26)19-17(13-29-18-8-6-5-7-16(18)23)25(3)22(27)24-20(19)15-11-9-14(2)10-12-15/h5-12,20H,4,13H2,1-3H3,(H,24,27)/t20-/m0/s1. The largest absolute Gasteiger partial charge is 0.486 e. The zero-order valence-electron chi connectivity index (χ0n) is 16.6. The number of urea groups is 1. The van der Waals surface area contributed by atoms with E-state index in [0.29, 0.717) is 22.0 Å². The summed E-state index contributed by atoms with van der Waals surface area (Å²) in [5.41, 5.74) is 2.63. The van der Waals surface area contributed by atoms with E-state index < -0.39 is 12.0 Å². The summed E-state index contributed by atoms with van der Waals surface area (Å²) in [7, 11) is 1.59. The van der Waals surface area contributed by atoms with Crippen LogP contribution in [0, 0.1) is 6.92 Å². The summed E-state index contributed by atoms with van der Waals surface area (Å²) in [6, 6.07) is 13.7. The van der Waals surface area contributed by atoms with Gasteiger partial charge in [0.2, 0.25) is 0 Å². The lowest BCUT2D eigenvalue weighted by Crippen LogP contribution is -2.48. The molecule has 152 valence electrons. The Hall–Kier alpha value is -2.99. The van der Waals surface area contributed by atoms with E-state index in [4.69, 9.17) is 21.1 Å². The van der Waals surface area contributed by atoms with Crippen molar-refractivity contribution < 1.29 is 19.1 Å². The van der Waals surface area contributed by atoms with Gasteiger partial charge in [0, 0.05) is 7.05 Å². The topological polar surface area (TPSA) is 67.9 Å². The van der Waals surface area contributed by atoms with E-state index in [2.05, 4.69) is 5.32 Å². The fourth-order valence-corrected chi connectivity index (χ4v) is 3.29. The lowest BCUT2D eigenvalue weighted by Gasteiger charge is -2.34. The number of carbonyl (C=O) groups is 2. The smallest absolute Gasteiger partial charge is 0.338 e. The first kappa shape index (κ1) is 20.7. The van der Waals surface area contributed by atoms with Gasteiger partial charge in [-0.3, -0.25) is 4.90 Å². The van der Waals surface area contributed by atoms with Gasteiger partial charge in [0.1, 0.15) is 12.4 Å². The second kappa shape index (κ2) is 9.01. The molecule has 2 aromatic rings. The molecule has 0 fully saturated rings. The van der Waals surface area contributed by atoms with E-state index >= 15 is 0 Å². The molecule has 3 rings (SSSR count). The van der Waals surface area contributed by atoms with Crippen molar-refractivity contribution in [3.05, 3.63) is 76.0 Å². The maximum absolute atomic E-state index is 12.9. The molecule has 1 N–H and O–H groups in total. The van der Waals surface area contributed by atoms with E-state index in [-0.39, 0.29) is 19.2 Å². The van der Waals surface area contributed by atoms with Gasteiger partial charge in [-0.05, 0) is 31.5 Å². The number of aryl methyl sites for hydroxylation is 1. The van der Waals surface area contributed by atoms with Gasteiger partial charge in [0.25, 0.3) is 0 Å². The summed E-state index contributed by atoms with van der Waals surface area (Å²) in [6.07, 6.45) is 0. The average Bonchev–Trinajstić information content (AvgIpc) is 2.70. The van der Waals surface area contributed by atoms with Gasteiger partial charge in [-0.2, -0.15) is 0 Å². The summed E-state index contributed by atoms with van der Waals surface area (Å²) in [6.45, 7) is 3.93. The molecule has 1 aliphatic heterocycles. The monoisotopic (exact) mass is 414 g/mol. The van der Waals surface area contributed by atoms with Crippen LogP contribution in [0.2, 0.25) is 5.02 Å². The molecular formula is C22H23ClN2O4. The molecular weight excluding hydrogens is 392 g/mol. The molecule has 0 saturated heterocycles. The molecule has 1 aliphatic rings. The number of likely N-dealkylation sites (N-methyl/N-ethyl adjacent to an activating group) is 1. The number of carbonyl (C=O) groups excluding carboxylic acids is 2. The highest BCUT2D eigenvalue weighted by atomic mass is 35.5. The number of hydrogen-bond acceptors (Lipinski definition) is 4. The maximum atomic E-state index is 12.9. The van der Waals surface area contributed by atoms with E-state index in [0.717, 1.165) is 11.1 Å². The summed E-state index contributed by atoms with van der Waals surface area (Å²) < 4.78 is 11.1. The Morgan fingerprint density at radius 1 is 1.17 bits per heavy atom. The molecule has 1 heterocycles. The Morgan fingerprint density at radius 2 is 1.86 bits per heavy atom. The zero-order valence-corrected chi connectivity index (χ0v) is 17.3. The van der Waals surface area contributed by atoms with E-state index in [9.17, 15) is 9.59 Å². The summed E-state index contributed by atoms with van der Waals surface area (Å²) in [5, 5.41) is 3.33. The number of halogens is 1. The van der Waals surface area contributed by atoms with Crippen LogP contribution in [0.1, 0.15) is 24.1 Å². The fraction of sp³-hybridized carbons (Fsp3) is 0.273. The third-order valence-electron chi connectivity index (χ3n) is 4.68. The number of nitrogens with one attached hydrogen (secondary N) is 1. The minimum atomic E-state index is -0.636. The SMILES string of the molecule is CCOC(=O)C1=C(COc2ccccc2Cl)N(C)C(=O)N[C@H]1c1ccc(C)cc1. The molecule has 0 aromatic heterocycles. The van der Waals surface area contributed by atoms with Crippen molar-refractivity contribution in [3.8, 4) is 5.75 Å². The first-order valence-corrected chi connectivity index (χ1v) is 9.68. The van der Waals surface area contributed by atoms with Gasteiger partial charge in [0.15, 0.2) is 0 Å². The zero-order chi connectivity index (χ0) is 21.0. The van der Waals surface area contributed by atoms with Crippen molar-refractivity contribution in [1.29, 1.82) is 0 Å². The van der Waals surface area contributed by atoms with Crippen LogP contribution in [0.4, 0.5) is 4.79 Å². The Bertz CT molecular complexity index is 940. The molecule has 29 heavy (non-hydrogen) atoms. The normalized spacial score (nSPS) is 16.5. The van der Waals surface area contributed by atoms with Crippen molar-refractivity contribution >= 4 is 23.6 Å². The molecule has 0 aliphatic carbocycles. The highest BCUT2D eigenvalue weighted by Gasteiger charge is 2.37. The number of amides is 2. The molecule has 0 bridgehead atoms. The predicted molar refractivity (Wildman–Crippen MR) is 111 cm³/mol. The van der Waals surface area contributed by atoms with Crippen molar-refractivity contribution in [1.82, 2.24) is 10.2 Å². The summed E-state index contributed by atoms with van der Waals surface area (Å²) in [4.78, 5) is 26.8. The van der Waals surface area contributed by atoms with Gasteiger partial charge in [-0.15, -0.1) is 0 Å². The number of ether oxygens (including phenoxy) is 2. The maximum Gasteiger partial charge on any atom is 0.338 e. The van der Waals surface area contributed by atoms with Gasteiger partial charge in [-0.1, -0.05) is 53.6 Å². The average molecular weight is 415 g/mol. The van der Waals surface area contributed by atoms with Crippen LogP contribution in [-0.4, -0.2) is 37.2 Å². The molecule has 2 aromatic carbocycles. The van der Waals surface area contributed by atoms with Crippen LogP contribution in [-0.2, 0) is 9.53 Å². The molecule has 0 saturated carbocycles. The third-order valence-corrected chi connectivity index (χ3v) is 5.00. The number of esters is 1. The molecule has 6 nitrogen and oxygen atoms in total. The van der Waals surface area contributed by atoms with Crippen molar-refractivity contribution in [2.24, 2.45) is 0 Å². The van der Waals surface area contributed by atoms with Crippen LogP contribution in [0.25, 0.3) is 0 Å². The van der Waals surface area contributed by atoms with Gasteiger partial charge < -0.3 is 14.8 Å². The second-order valence-electron chi connectivity index (χ2n) is 6.65. The number of benzene rings is 2. The highest BCUT2D eigenvalue weighted by molar-refractivity contribution is 6.32. The summed E-state index contributed by atoms with van der Waals surface area (Å²) >= 11 is 6.17. The fourth-order valence-electron chi connectivity index (χ4n) is 3.10.